The van der Waals surface area contributed by atoms with Gasteiger partial charge in [0.05, 0.1) is 48.9 Å². The van der Waals surface area contributed by atoms with E-state index in [4.69, 9.17) is 51.4 Å². The number of carbonyl (C=O) groups excluding carboxylic acids is 8. The van der Waals surface area contributed by atoms with Crippen molar-refractivity contribution in [2.24, 2.45) is 16.6 Å². The highest BCUT2D eigenvalue weighted by Gasteiger charge is 2.41. The third-order valence-corrected chi connectivity index (χ3v) is 17.4. The number of carbonyl (C=O) groups is 8. The molecule has 0 aliphatic rings. The Morgan fingerprint density at radius 3 is 0.908 bits per heavy atom. The first kappa shape index (κ1) is 119. The molecule has 0 fully saturated rings. The molecule has 0 radical (unpaired) electrons. The van der Waals surface area contributed by atoms with Crippen LogP contribution in [0.2, 0.25) is 0 Å². The smallest absolute Gasteiger partial charge is 0.424 e. The predicted molar refractivity (Wildman–Crippen MR) is 519 cm³/mol. The molecule has 6 aromatic carbocycles. The zero-order chi connectivity index (χ0) is 101. The van der Waals surface area contributed by atoms with E-state index in [0.717, 1.165) is 67.5 Å². The first-order chi connectivity index (χ1) is 58.6. The number of anilines is 11. The molecular weight excluding hydrogens is 1680 g/mol. The van der Waals surface area contributed by atoms with Crippen molar-refractivity contribution in [1.29, 1.82) is 0 Å². The van der Waals surface area contributed by atoms with Gasteiger partial charge in [0.15, 0.2) is 0 Å². The number of benzene rings is 6. The van der Waals surface area contributed by atoms with Gasteiger partial charge >= 0.3 is 36.6 Å². The summed E-state index contributed by atoms with van der Waals surface area (Å²) in [7, 11) is 5.09. The predicted octanol–water partition coefficient (Wildman–Crippen LogP) is 22.9. The fourth-order valence-electron chi connectivity index (χ4n) is 11.6. The van der Waals surface area contributed by atoms with Gasteiger partial charge in [0.2, 0.25) is 11.8 Å². The number of halogens is 1. The monoisotopic (exact) mass is 1830 g/mol. The first-order valence-corrected chi connectivity index (χ1v) is 41.8. The maximum absolute atomic E-state index is 13.2. The number of rotatable bonds is 15. The number of hydrogen-bond acceptors (Lipinski definition) is 27. The Balaban J connectivity index is 0. The molecule has 8 amide bonds. The standard InChI is InChI=1S/C25H40N2O5.C19H28N2O6.C19H30N2O4.C14H23N3O.C8H11N3O2.C7H7FN2O2.CH5N.CH4/c1-12-17-13-14-18(26-19(28)15-23(3,4)5)20(16(17)2)27(21(29)31-24(6,7)8)22(30)32-25(9,10)11;1-9-13-10-11-14(21(24)25)15(12(13)2)20(16(22)26-18(3,4)5)17(23)27-19(6,7)8;1-9-13-10-11-14(20)15(12(13)2)21(16(22)24-18(3,4)5)17(23)25-19(6,7)8;1-9-10(16-5)6-7-11(13(9)15)17-12(18)8-14(2,3)4;1-5-6(10-2)3-4-7(8(5)9)11(12)13;1-4-5(8)2-3-6(7(4)9)10(11)12;1-2;/h13-14H,12,15H2,1-11H3,(H,26,28);10-11H,9H2,1-8H3;10-11H,9,20H2,1-8H3;6-7,16H,8,15H2,1-5H3,(H,17,18);3-4,10H,9H2,1-2H3;2-3H,9H2,1H3;2H2,1H3;1H4. The summed E-state index contributed by atoms with van der Waals surface area (Å²) in [5.74, 6) is -0.750. The van der Waals surface area contributed by atoms with Crippen molar-refractivity contribution in [1.82, 2.24) is 0 Å². The normalized spacial score (nSPS) is 11.2. The van der Waals surface area contributed by atoms with Gasteiger partial charge in [-0.15, -0.1) is 0 Å². The van der Waals surface area contributed by atoms with Crippen LogP contribution in [-0.4, -0.2) is 118 Å². The fraction of sp³-hybridized carbons (Fsp3) is 0.532. The van der Waals surface area contributed by atoms with Crippen LogP contribution < -0.4 is 64.6 Å². The molecule has 0 spiro atoms. The van der Waals surface area contributed by atoms with Crippen LogP contribution in [-0.2, 0) is 57.3 Å². The highest BCUT2D eigenvalue weighted by Crippen LogP contribution is 2.41. The van der Waals surface area contributed by atoms with Crippen LogP contribution in [0.25, 0.3) is 0 Å². The second-order valence-corrected chi connectivity index (χ2v) is 38.0. The van der Waals surface area contributed by atoms with E-state index < -0.39 is 90.8 Å². The Bertz CT molecular complexity index is 4850. The fourth-order valence-corrected chi connectivity index (χ4v) is 11.6. The Morgan fingerprint density at radius 2 is 0.592 bits per heavy atom. The minimum atomic E-state index is -1.03. The van der Waals surface area contributed by atoms with Gasteiger partial charge in [0, 0.05) is 67.6 Å². The SMILES string of the molecule is C.CCc1ccc(N)c(N(C(=O)OC(C)(C)C)C(=O)OC(C)(C)C)c1C.CCc1ccc(NC(=O)CC(C)(C)C)c(N(C(=O)OC(C)(C)C)C(=O)OC(C)(C)C)c1C.CCc1ccc([N+](=O)[O-])c(N(C(=O)OC(C)(C)C)C(=O)OC(C)(C)C)c1C.CN.CNc1ccc(NC(=O)CC(C)(C)C)c(N)c1C.CNc1ccc([N+](=O)[O-])c(N)c1C.Cc1c(F)ccc([N+](=O)[O-])c1N. The number of nitro benzene ring substituents is 3. The summed E-state index contributed by atoms with van der Waals surface area (Å²) < 4.78 is 45.2. The zero-order valence-corrected chi connectivity index (χ0v) is 82.6. The molecule has 726 valence electrons. The number of amides is 8. The van der Waals surface area contributed by atoms with Crippen molar-refractivity contribution in [3.63, 3.8) is 0 Å². The average molecular weight is 1830 g/mol. The molecule has 0 bridgehead atoms. The van der Waals surface area contributed by atoms with E-state index in [1.165, 1.54) is 26.1 Å². The number of aryl methyl sites for hydroxylation is 3. The van der Waals surface area contributed by atoms with Gasteiger partial charge in [-0.05, 0) is 279 Å². The van der Waals surface area contributed by atoms with E-state index in [9.17, 15) is 73.1 Å². The average Bonchev–Trinajstić information content (AvgIpc) is 0.708. The van der Waals surface area contributed by atoms with Gasteiger partial charge in [0.1, 0.15) is 56.5 Å². The van der Waals surface area contributed by atoms with Gasteiger partial charge in [0.25, 0.3) is 17.1 Å². The number of nitrogens with two attached hydrogens (primary N) is 5. The van der Waals surface area contributed by atoms with Crippen LogP contribution in [0.15, 0.2) is 72.8 Å². The van der Waals surface area contributed by atoms with Gasteiger partial charge in [-0.1, -0.05) is 87.9 Å². The number of hydrogen-bond donors (Lipinski definition) is 9. The van der Waals surface area contributed by atoms with Gasteiger partial charge in [-0.2, -0.15) is 14.7 Å². The lowest BCUT2D eigenvalue weighted by molar-refractivity contribution is -0.384. The van der Waals surface area contributed by atoms with Gasteiger partial charge < -0.3 is 78.4 Å². The van der Waals surface area contributed by atoms with Crippen LogP contribution in [0.1, 0.15) is 257 Å². The molecule has 0 heterocycles. The molecule has 0 saturated heterocycles. The van der Waals surface area contributed by atoms with Crippen molar-refractivity contribution >= 4 is 128 Å². The van der Waals surface area contributed by atoms with E-state index in [1.54, 1.807) is 170 Å². The topological polar surface area (TPSA) is 509 Å². The van der Waals surface area contributed by atoms with Crippen LogP contribution in [0.4, 0.5) is 113 Å². The van der Waals surface area contributed by atoms with Crippen LogP contribution >= 0.6 is 0 Å². The molecule has 0 saturated carbocycles. The third-order valence-electron chi connectivity index (χ3n) is 17.4. The number of nitro groups is 3. The third kappa shape index (κ3) is 39.5. The highest BCUT2D eigenvalue weighted by molar-refractivity contribution is 6.15. The van der Waals surface area contributed by atoms with Crippen LogP contribution in [0.5, 0.6) is 0 Å². The van der Waals surface area contributed by atoms with E-state index >= 15 is 0 Å². The number of nitrogen functional groups attached to an aromatic ring is 4. The number of nitrogens with zero attached hydrogens (tertiary/aromatic N) is 6. The molecule has 0 atom stereocenters. The molecule has 0 aliphatic heterocycles. The van der Waals surface area contributed by atoms with Crippen molar-refractivity contribution in [2.75, 3.05) is 80.0 Å². The summed E-state index contributed by atoms with van der Waals surface area (Å²) in [6, 6.07) is 18.9. The lowest BCUT2D eigenvalue weighted by atomic mass is 9.92. The van der Waals surface area contributed by atoms with Crippen molar-refractivity contribution in [3.8, 4) is 0 Å². The molecule has 130 heavy (non-hydrogen) atoms. The van der Waals surface area contributed by atoms with E-state index in [1.807, 2.05) is 114 Å². The number of nitrogens with one attached hydrogen (secondary N) is 4. The molecule has 35 nitrogen and oxygen atoms in total. The van der Waals surface area contributed by atoms with Gasteiger partial charge in [-0.25, -0.2) is 33.2 Å². The number of imide groups is 3. The summed E-state index contributed by atoms with van der Waals surface area (Å²) in [6.45, 7) is 58.8. The Morgan fingerprint density at radius 1 is 0.346 bits per heavy atom. The summed E-state index contributed by atoms with van der Waals surface area (Å²) >= 11 is 0. The largest absolute Gasteiger partial charge is 0.443 e. The molecule has 6 rings (SSSR count). The first-order valence-electron chi connectivity index (χ1n) is 41.8. The summed E-state index contributed by atoms with van der Waals surface area (Å²) in [4.78, 5) is 135. The molecule has 0 unspecified atom stereocenters. The Labute approximate surface area is 767 Å². The van der Waals surface area contributed by atoms with E-state index in [2.05, 4.69) is 27.0 Å². The van der Waals surface area contributed by atoms with Gasteiger partial charge in [-0.3, -0.25) is 39.9 Å². The zero-order valence-electron chi connectivity index (χ0n) is 82.6. The molecule has 36 heteroatoms. The number of ether oxygens (including phenoxy) is 6. The maximum atomic E-state index is 13.2. The quantitative estimate of drug-likeness (QED) is 0.0199. The van der Waals surface area contributed by atoms with Crippen LogP contribution in [0, 0.1) is 88.5 Å². The molecule has 6 aromatic rings. The Hall–Kier alpha value is -12.6. The van der Waals surface area contributed by atoms with E-state index in [-0.39, 0.29) is 81.9 Å². The Kier molecular flexibility index (Phi) is 45.7. The minimum absolute atomic E-state index is 0. The summed E-state index contributed by atoms with van der Waals surface area (Å²) in [6.07, 6.45) is -2.67. The lowest BCUT2D eigenvalue weighted by Crippen LogP contribution is -2.44. The summed E-state index contributed by atoms with van der Waals surface area (Å²) in [5.41, 5.74) is 32.2. The van der Waals surface area contributed by atoms with Crippen molar-refractivity contribution < 1.29 is 85.9 Å². The maximum Gasteiger partial charge on any atom is 0.424 e. The van der Waals surface area contributed by atoms with E-state index in [0.29, 0.717) is 69.3 Å². The molecule has 0 aliphatic carbocycles. The second-order valence-electron chi connectivity index (χ2n) is 38.0. The van der Waals surface area contributed by atoms with Crippen LogP contribution in [0.3, 0.4) is 0 Å². The molecular formula is C94H148FN15O20. The summed E-state index contributed by atoms with van der Waals surface area (Å²) in [5, 5.41) is 44.0. The van der Waals surface area contributed by atoms with Crippen molar-refractivity contribution in [3.05, 3.63) is 159 Å². The molecule has 14 N–H and O–H groups in total. The van der Waals surface area contributed by atoms with Crippen molar-refractivity contribution in [2.45, 2.75) is 302 Å². The minimum Gasteiger partial charge on any atom is -0.443 e. The highest BCUT2D eigenvalue weighted by atomic mass is 19.1. The lowest BCUT2D eigenvalue weighted by Gasteiger charge is -2.31. The second kappa shape index (κ2) is 49.8. The molecule has 0 aromatic heterocycles.